The van der Waals surface area contributed by atoms with Crippen molar-refractivity contribution in [1.29, 1.82) is 0 Å². The van der Waals surface area contributed by atoms with E-state index < -0.39 is 0 Å². The number of carbonyl (C=O) groups excluding carboxylic acids is 1. The summed E-state index contributed by atoms with van der Waals surface area (Å²) in [4.78, 5) is 11.9. The van der Waals surface area contributed by atoms with Gasteiger partial charge in [-0.25, -0.2) is 0 Å². The first-order valence-corrected chi connectivity index (χ1v) is 8.01. The van der Waals surface area contributed by atoms with Crippen molar-refractivity contribution < 1.29 is 14.3 Å². The van der Waals surface area contributed by atoms with Crippen LogP contribution >= 0.6 is 0 Å². The monoisotopic (exact) mass is 290 g/mol. The molecule has 0 heterocycles. The molecule has 1 aromatic rings. The van der Waals surface area contributed by atoms with E-state index in [1.54, 1.807) is 7.11 Å². The molecule has 0 unspecified atom stereocenters. The molecule has 1 aliphatic carbocycles. The molecule has 1 fully saturated rings. The van der Waals surface area contributed by atoms with E-state index in [4.69, 9.17) is 9.47 Å². The summed E-state index contributed by atoms with van der Waals surface area (Å²) in [5.41, 5.74) is 2.25. The SMILES string of the molecule is CCOC(=O)[C@H](C)c1ccc(C2CCCCC2)cc1OC. The molecule has 2 rings (SSSR count). The molecule has 116 valence electrons. The van der Waals surface area contributed by atoms with Crippen molar-refractivity contribution in [2.75, 3.05) is 13.7 Å². The van der Waals surface area contributed by atoms with E-state index in [-0.39, 0.29) is 11.9 Å². The van der Waals surface area contributed by atoms with Crippen molar-refractivity contribution in [2.24, 2.45) is 0 Å². The number of hydrogen-bond donors (Lipinski definition) is 0. The second-order valence-corrected chi connectivity index (χ2v) is 5.81. The van der Waals surface area contributed by atoms with E-state index in [1.807, 2.05) is 19.9 Å². The summed E-state index contributed by atoms with van der Waals surface area (Å²) in [5, 5.41) is 0. The molecule has 1 aliphatic rings. The van der Waals surface area contributed by atoms with Gasteiger partial charge in [0.1, 0.15) is 5.75 Å². The topological polar surface area (TPSA) is 35.5 Å². The van der Waals surface area contributed by atoms with Crippen LogP contribution in [0.2, 0.25) is 0 Å². The van der Waals surface area contributed by atoms with E-state index in [0.29, 0.717) is 12.5 Å². The molecular formula is C18H26O3. The lowest BCUT2D eigenvalue weighted by Crippen LogP contribution is -2.14. The average Bonchev–Trinajstić information content (AvgIpc) is 2.54. The highest BCUT2D eigenvalue weighted by Crippen LogP contribution is 2.36. The number of methoxy groups -OCH3 is 1. The maximum absolute atomic E-state index is 11.9. The lowest BCUT2D eigenvalue weighted by atomic mass is 9.83. The van der Waals surface area contributed by atoms with Crippen LogP contribution in [-0.4, -0.2) is 19.7 Å². The zero-order valence-electron chi connectivity index (χ0n) is 13.4. The molecule has 1 atom stereocenters. The number of hydrogen-bond acceptors (Lipinski definition) is 3. The van der Waals surface area contributed by atoms with Crippen LogP contribution in [0.3, 0.4) is 0 Å². The Morgan fingerprint density at radius 2 is 2.00 bits per heavy atom. The highest BCUT2D eigenvalue weighted by Gasteiger charge is 2.22. The van der Waals surface area contributed by atoms with Gasteiger partial charge >= 0.3 is 5.97 Å². The zero-order valence-corrected chi connectivity index (χ0v) is 13.4. The quantitative estimate of drug-likeness (QED) is 0.753. The van der Waals surface area contributed by atoms with Crippen LogP contribution < -0.4 is 4.74 Å². The van der Waals surface area contributed by atoms with Crippen LogP contribution in [0, 0.1) is 0 Å². The highest BCUT2D eigenvalue weighted by molar-refractivity contribution is 5.78. The summed E-state index contributed by atoms with van der Waals surface area (Å²) in [7, 11) is 1.67. The number of rotatable bonds is 5. The number of benzene rings is 1. The summed E-state index contributed by atoms with van der Waals surface area (Å²) < 4.78 is 10.6. The lowest BCUT2D eigenvalue weighted by molar-refractivity contribution is -0.144. The Morgan fingerprint density at radius 3 is 2.62 bits per heavy atom. The summed E-state index contributed by atoms with van der Waals surface area (Å²) in [6, 6.07) is 6.30. The van der Waals surface area contributed by atoms with Crippen molar-refractivity contribution in [2.45, 2.75) is 57.8 Å². The molecule has 0 saturated heterocycles. The smallest absolute Gasteiger partial charge is 0.313 e. The van der Waals surface area contributed by atoms with Gasteiger partial charge in [0.2, 0.25) is 0 Å². The fourth-order valence-corrected chi connectivity index (χ4v) is 3.17. The fraction of sp³-hybridized carbons (Fsp3) is 0.611. The minimum Gasteiger partial charge on any atom is -0.496 e. The number of ether oxygens (including phenoxy) is 2. The molecule has 0 aliphatic heterocycles. The van der Waals surface area contributed by atoms with E-state index in [1.165, 1.54) is 37.7 Å². The third kappa shape index (κ3) is 3.78. The largest absolute Gasteiger partial charge is 0.496 e. The predicted octanol–water partition coefficient (Wildman–Crippen LogP) is 4.41. The van der Waals surface area contributed by atoms with E-state index in [9.17, 15) is 4.79 Å². The van der Waals surface area contributed by atoms with Crippen molar-refractivity contribution in [3.05, 3.63) is 29.3 Å². The summed E-state index contributed by atoms with van der Waals surface area (Å²) >= 11 is 0. The van der Waals surface area contributed by atoms with E-state index in [0.717, 1.165) is 11.3 Å². The Labute approximate surface area is 127 Å². The molecule has 0 bridgehead atoms. The van der Waals surface area contributed by atoms with Crippen LogP contribution in [0.25, 0.3) is 0 Å². The Kier molecular flexibility index (Phi) is 5.66. The van der Waals surface area contributed by atoms with E-state index in [2.05, 4.69) is 12.1 Å². The molecule has 0 spiro atoms. The molecule has 3 heteroatoms. The van der Waals surface area contributed by atoms with Crippen molar-refractivity contribution in [3.8, 4) is 5.75 Å². The van der Waals surface area contributed by atoms with Gasteiger partial charge in [0.25, 0.3) is 0 Å². The molecule has 0 aromatic heterocycles. The van der Waals surface area contributed by atoms with Crippen LogP contribution in [0.15, 0.2) is 18.2 Å². The fourth-order valence-electron chi connectivity index (χ4n) is 3.17. The van der Waals surface area contributed by atoms with Crippen LogP contribution in [0.4, 0.5) is 0 Å². The summed E-state index contributed by atoms with van der Waals surface area (Å²) in [6.07, 6.45) is 6.50. The molecule has 1 saturated carbocycles. The molecule has 0 radical (unpaired) electrons. The second kappa shape index (κ2) is 7.48. The van der Waals surface area contributed by atoms with Crippen LogP contribution in [0.5, 0.6) is 5.75 Å². The Bertz CT molecular complexity index is 475. The molecule has 3 nitrogen and oxygen atoms in total. The highest BCUT2D eigenvalue weighted by atomic mass is 16.5. The van der Waals surface area contributed by atoms with Gasteiger partial charge in [0.05, 0.1) is 19.6 Å². The molecular weight excluding hydrogens is 264 g/mol. The number of esters is 1. The second-order valence-electron chi connectivity index (χ2n) is 5.81. The number of carbonyl (C=O) groups is 1. The minimum absolute atomic E-state index is 0.193. The molecule has 21 heavy (non-hydrogen) atoms. The predicted molar refractivity (Wildman–Crippen MR) is 83.9 cm³/mol. The maximum atomic E-state index is 11.9. The Morgan fingerprint density at radius 1 is 1.29 bits per heavy atom. The third-order valence-electron chi connectivity index (χ3n) is 4.44. The van der Waals surface area contributed by atoms with Gasteiger partial charge in [-0.3, -0.25) is 4.79 Å². The van der Waals surface area contributed by atoms with Gasteiger partial charge in [0.15, 0.2) is 0 Å². The van der Waals surface area contributed by atoms with Crippen molar-refractivity contribution in [3.63, 3.8) is 0 Å². The molecule has 0 N–H and O–H groups in total. The van der Waals surface area contributed by atoms with Gasteiger partial charge in [0, 0.05) is 5.56 Å². The Balaban J connectivity index is 2.21. The Hall–Kier alpha value is -1.51. The van der Waals surface area contributed by atoms with Crippen LogP contribution in [0.1, 0.15) is 68.9 Å². The van der Waals surface area contributed by atoms with Crippen molar-refractivity contribution in [1.82, 2.24) is 0 Å². The first-order chi connectivity index (χ1) is 10.2. The average molecular weight is 290 g/mol. The van der Waals surface area contributed by atoms with E-state index >= 15 is 0 Å². The summed E-state index contributed by atoms with van der Waals surface area (Å²) in [6.45, 7) is 4.11. The first kappa shape index (κ1) is 15.9. The van der Waals surface area contributed by atoms with Crippen LogP contribution in [-0.2, 0) is 9.53 Å². The molecule has 1 aromatic carbocycles. The summed E-state index contributed by atoms with van der Waals surface area (Å²) in [5.74, 6) is 0.958. The first-order valence-electron chi connectivity index (χ1n) is 8.01. The zero-order chi connectivity index (χ0) is 15.2. The lowest BCUT2D eigenvalue weighted by Gasteiger charge is -2.23. The minimum atomic E-state index is -0.291. The third-order valence-corrected chi connectivity index (χ3v) is 4.44. The standard InChI is InChI=1S/C18H26O3/c1-4-21-18(19)13(2)16-11-10-15(12-17(16)20-3)14-8-6-5-7-9-14/h10-14H,4-9H2,1-3H3/t13-/m1/s1. The molecule has 0 amide bonds. The van der Waals surface area contributed by atoms with Gasteiger partial charge < -0.3 is 9.47 Å². The maximum Gasteiger partial charge on any atom is 0.313 e. The normalized spacial score (nSPS) is 17.3. The van der Waals surface area contributed by atoms with Gasteiger partial charge in [-0.2, -0.15) is 0 Å². The van der Waals surface area contributed by atoms with Gasteiger partial charge in [-0.15, -0.1) is 0 Å². The van der Waals surface area contributed by atoms with Crippen molar-refractivity contribution >= 4 is 5.97 Å². The van der Waals surface area contributed by atoms with Gasteiger partial charge in [-0.1, -0.05) is 31.4 Å². The van der Waals surface area contributed by atoms with Gasteiger partial charge in [-0.05, 0) is 44.2 Å².